The van der Waals surface area contributed by atoms with Gasteiger partial charge in [0, 0.05) is 25.1 Å². The molecule has 2 fully saturated rings. The first-order chi connectivity index (χ1) is 15.8. The molecule has 2 aliphatic heterocycles. The Labute approximate surface area is 203 Å². The maximum atomic E-state index is 13.2. The van der Waals surface area contributed by atoms with Crippen LogP contribution in [-0.4, -0.2) is 51.1 Å². The number of fused-ring (bicyclic) bond motifs is 1. The highest BCUT2D eigenvalue weighted by atomic mass is 28.4. The van der Waals surface area contributed by atoms with Gasteiger partial charge in [-0.15, -0.1) is 0 Å². The molecule has 0 unspecified atom stereocenters. The van der Waals surface area contributed by atoms with Crippen molar-refractivity contribution in [1.82, 2.24) is 4.90 Å². The van der Waals surface area contributed by atoms with Gasteiger partial charge in [0.2, 0.25) is 26.0 Å². The molecule has 34 heavy (non-hydrogen) atoms. The number of nitrogens with zero attached hydrogens (tertiary/aromatic N) is 2. The van der Waals surface area contributed by atoms with Gasteiger partial charge in [0.1, 0.15) is 5.75 Å². The lowest BCUT2D eigenvalue weighted by Crippen LogP contribution is -2.65. The largest absolute Gasteiger partial charge is 0.547 e. The molecule has 3 aliphatic rings. The summed E-state index contributed by atoms with van der Waals surface area (Å²) in [5.74, 6) is -0.291. The van der Waals surface area contributed by atoms with Crippen molar-refractivity contribution in [2.45, 2.75) is 58.3 Å². The Balaban J connectivity index is 1.74. The maximum Gasteiger partial charge on any atom is 0.250 e. The van der Waals surface area contributed by atoms with Gasteiger partial charge >= 0.3 is 0 Å². The van der Waals surface area contributed by atoms with Crippen molar-refractivity contribution in [1.29, 1.82) is 0 Å². The monoisotopic (exact) mass is 484 g/mol. The number of allylic oxidation sites excluding steroid dienone is 1. The van der Waals surface area contributed by atoms with Crippen molar-refractivity contribution in [3.8, 4) is 5.75 Å². The molecule has 4 rings (SSSR count). The normalized spacial score (nSPS) is 29.6. The number of benzene rings is 1. The summed E-state index contributed by atoms with van der Waals surface area (Å²) in [4.78, 5) is 42.3. The van der Waals surface area contributed by atoms with Gasteiger partial charge in [0.05, 0.1) is 36.7 Å². The van der Waals surface area contributed by atoms with E-state index in [-0.39, 0.29) is 40.6 Å². The van der Waals surface area contributed by atoms with Gasteiger partial charge in [-0.1, -0.05) is 27.7 Å². The molecule has 1 aromatic carbocycles. The smallest absolute Gasteiger partial charge is 0.250 e. The summed E-state index contributed by atoms with van der Waals surface area (Å²) in [6.07, 6.45) is 2.48. The van der Waals surface area contributed by atoms with E-state index >= 15 is 0 Å². The number of likely N-dealkylation sites (tertiary alicyclic amines) is 1. The highest BCUT2D eigenvalue weighted by Gasteiger charge is 2.59. The molecule has 0 radical (unpaired) electrons. The van der Waals surface area contributed by atoms with Crippen LogP contribution in [-0.2, 0) is 18.8 Å². The van der Waals surface area contributed by atoms with Gasteiger partial charge in [-0.25, -0.2) is 0 Å². The second-order valence-corrected chi connectivity index (χ2v) is 16.1. The number of ether oxygens (including phenoxy) is 1. The van der Waals surface area contributed by atoms with Crippen molar-refractivity contribution in [3.05, 3.63) is 36.1 Å². The fraction of sp³-hybridized carbons (Fsp3) is 0.577. The molecule has 8 heteroatoms. The topological polar surface area (TPSA) is 76.2 Å². The molecule has 0 saturated carbocycles. The molecule has 0 N–H and O–H groups in total. The minimum atomic E-state index is -2.14. The minimum absolute atomic E-state index is 0.00133. The fourth-order valence-corrected chi connectivity index (χ4v) is 6.34. The Kier molecular flexibility index (Phi) is 5.95. The average molecular weight is 485 g/mol. The van der Waals surface area contributed by atoms with E-state index < -0.39 is 20.2 Å². The molecule has 5 atom stereocenters. The van der Waals surface area contributed by atoms with E-state index in [1.807, 2.05) is 31.2 Å². The van der Waals surface area contributed by atoms with Crippen LogP contribution < -0.4 is 9.64 Å². The van der Waals surface area contributed by atoms with E-state index in [2.05, 4.69) is 39.9 Å². The van der Waals surface area contributed by atoms with E-state index in [0.29, 0.717) is 12.2 Å². The molecule has 7 nitrogen and oxygen atoms in total. The van der Waals surface area contributed by atoms with Crippen LogP contribution in [0.4, 0.5) is 5.69 Å². The number of amides is 3. The minimum Gasteiger partial charge on any atom is -0.547 e. The first-order valence-corrected chi connectivity index (χ1v) is 14.9. The first-order valence-electron chi connectivity index (χ1n) is 12.0. The zero-order valence-electron chi connectivity index (χ0n) is 21.4. The SMILES string of the molecule is COc1ccc(N2C(=O)[C@H](C)[C@@H]2[C@H]2C=C(O[Si](C)(C)C(C)(C)C)C[C@H]3C(=O)N(C)C(=O)[C@@H]23)cc1. The van der Waals surface area contributed by atoms with Crippen molar-refractivity contribution in [2.75, 3.05) is 19.1 Å². The zero-order chi connectivity index (χ0) is 25.2. The standard InChI is InChI=1S/C26H36N2O5Si/c1-15-22(28(23(15)29)16-9-11-17(32-6)12-10-16)19-13-18(33-34(7,8)26(2,3)4)14-20-21(19)25(31)27(5)24(20)30/h9-13,15,19-22H,14H2,1-8H3/t15-,19+,20-,21+,22-/m1/s1. The van der Waals surface area contributed by atoms with Crippen LogP contribution in [0, 0.1) is 23.7 Å². The molecule has 1 aliphatic carbocycles. The maximum absolute atomic E-state index is 13.2. The Morgan fingerprint density at radius 1 is 1.00 bits per heavy atom. The number of imide groups is 1. The van der Waals surface area contributed by atoms with Crippen LogP contribution in [0.25, 0.3) is 0 Å². The highest BCUT2D eigenvalue weighted by Crippen LogP contribution is 2.50. The number of hydrogen-bond acceptors (Lipinski definition) is 5. The molecule has 2 saturated heterocycles. The van der Waals surface area contributed by atoms with Crippen molar-refractivity contribution >= 4 is 31.7 Å². The van der Waals surface area contributed by atoms with Crippen LogP contribution in [0.3, 0.4) is 0 Å². The van der Waals surface area contributed by atoms with Crippen LogP contribution in [0.1, 0.15) is 34.1 Å². The molecule has 3 amide bonds. The van der Waals surface area contributed by atoms with Crippen LogP contribution >= 0.6 is 0 Å². The second kappa shape index (κ2) is 8.25. The Morgan fingerprint density at radius 3 is 2.18 bits per heavy atom. The van der Waals surface area contributed by atoms with Crippen LogP contribution in [0.5, 0.6) is 5.75 Å². The number of methoxy groups -OCH3 is 1. The van der Waals surface area contributed by atoms with Gasteiger partial charge < -0.3 is 14.1 Å². The zero-order valence-corrected chi connectivity index (χ0v) is 22.4. The second-order valence-electron chi connectivity index (χ2n) is 11.3. The third-order valence-electron chi connectivity index (χ3n) is 8.29. The van der Waals surface area contributed by atoms with E-state index in [9.17, 15) is 14.4 Å². The summed E-state index contributed by atoms with van der Waals surface area (Å²) in [5.41, 5.74) is 0.765. The van der Waals surface area contributed by atoms with Crippen molar-refractivity contribution in [3.63, 3.8) is 0 Å². The summed E-state index contributed by atoms with van der Waals surface area (Å²) in [6.45, 7) is 12.8. The number of hydrogen-bond donors (Lipinski definition) is 0. The molecule has 0 spiro atoms. The predicted octanol–water partition coefficient (Wildman–Crippen LogP) is 4.20. The Morgan fingerprint density at radius 2 is 1.62 bits per heavy atom. The van der Waals surface area contributed by atoms with Gasteiger partial charge in [-0.3, -0.25) is 19.3 Å². The number of carbonyl (C=O) groups excluding carboxylic acids is 3. The lowest BCUT2D eigenvalue weighted by atomic mass is 9.67. The van der Waals surface area contributed by atoms with E-state index in [4.69, 9.17) is 9.16 Å². The number of β-lactam (4-membered cyclic amide) rings is 1. The third-order valence-corrected chi connectivity index (χ3v) is 12.7. The number of rotatable bonds is 5. The van der Waals surface area contributed by atoms with Crippen molar-refractivity contribution in [2.24, 2.45) is 23.7 Å². The average Bonchev–Trinajstić information content (AvgIpc) is 2.99. The summed E-state index contributed by atoms with van der Waals surface area (Å²) < 4.78 is 11.9. The Hall–Kier alpha value is -2.61. The highest BCUT2D eigenvalue weighted by molar-refractivity contribution is 6.74. The molecule has 0 aromatic heterocycles. The van der Waals surface area contributed by atoms with Gasteiger partial charge in [-0.2, -0.15) is 0 Å². The first kappa shape index (κ1) is 24.5. The van der Waals surface area contributed by atoms with Crippen molar-refractivity contribution < 1.29 is 23.5 Å². The molecule has 2 heterocycles. The van der Waals surface area contributed by atoms with E-state index in [0.717, 1.165) is 11.4 Å². The Bertz CT molecular complexity index is 1040. The molecular weight excluding hydrogens is 448 g/mol. The summed E-state index contributed by atoms with van der Waals surface area (Å²) >= 11 is 0. The number of carbonyl (C=O) groups is 3. The molecule has 0 bridgehead atoms. The summed E-state index contributed by atoms with van der Waals surface area (Å²) in [6, 6.07) is 7.15. The third kappa shape index (κ3) is 3.76. The van der Waals surface area contributed by atoms with Crippen LogP contribution in [0.2, 0.25) is 18.1 Å². The molecular formula is C26H36N2O5Si. The summed E-state index contributed by atoms with van der Waals surface area (Å²) in [5, 5.41) is 0.00133. The van der Waals surface area contributed by atoms with Gasteiger partial charge in [0.25, 0.3) is 0 Å². The van der Waals surface area contributed by atoms with E-state index in [1.165, 1.54) is 4.90 Å². The lowest BCUT2D eigenvalue weighted by molar-refractivity contribution is -0.139. The van der Waals surface area contributed by atoms with E-state index in [1.54, 1.807) is 19.1 Å². The summed E-state index contributed by atoms with van der Waals surface area (Å²) in [7, 11) is 1.02. The molecule has 1 aromatic rings. The van der Waals surface area contributed by atoms with Gasteiger partial charge in [0.15, 0.2) is 0 Å². The van der Waals surface area contributed by atoms with Gasteiger partial charge in [-0.05, 0) is 48.5 Å². The predicted molar refractivity (Wildman–Crippen MR) is 133 cm³/mol. The lowest BCUT2D eigenvalue weighted by Gasteiger charge is -2.51. The van der Waals surface area contributed by atoms with Crippen LogP contribution in [0.15, 0.2) is 36.1 Å². The quantitative estimate of drug-likeness (QED) is 0.356. The fourth-order valence-electron chi connectivity index (χ4n) is 5.23. The molecule has 184 valence electrons. The number of anilines is 1.